The molecule has 1 saturated heterocycles. The van der Waals surface area contributed by atoms with Crippen molar-refractivity contribution in [3.05, 3.63) is 35.9 Å². The number of benzene rings is 1. The summed E-state index contributed by atoms with van der Waals surface area (Å²) in [5.41, 5.74) is 0.708. The van der Waals surface area contributed by atoms with Crippen LogP contribution >= 0.6 is 0 Å². The predicted octanol–water partition coefficient (Wildman–Crippen LogP) is 3.65. The smallest absolute Gasteiger partial charge is 0.254 e. The number of amides is 2. The van der Waals surface area contributed by atoms with Gasteiger partial charge in [0.25, 0.3) is 11.8 Å². The fraction of sp³-hybridized carbons (Fsp3) is 0.542. The minimum Gasteiger partial charge on any atom is -0.491 e. The van der Waals surface area contributed by atoms with E-state index in [0.29, 0.717) is 28.9 Å². The largest absolute Gasteiger partial charge is 0.491 e. The summed E-state index contributed by atoms with van der Waals surface area (Å²) in [5.74, 6) is 2.12. The van der Waals surface area contributed by atoms with Crippen LogP contribution in [-0.2, 0) is 9.59 Å². The van der Waals surface area contributed by atoms with E-state index < -0.39 is 0 Å². The molecular formula is C24H28N2O4. The maximum absolute atomic E-state index is 13.1. The Kier molecular flexibility index (Phi) is 4.49. The molecule has 3 fully saturated rings. The predicted molar refractivity (Wildman–Crippen MR) is 112 cm³/mol. The number of rotatable bonds is 6. The lowest BCUT2D eigenvalue weighted by molar-refractivity contribution is -0.140. The van der Waals surface area contributed by atoms with Crippen molar-refractivity contribution in [2.24, 2.45) is 40.6 Å². The van der Waals surface area contributed by atoms with Crippen LogP contribution in [0.25, 0.3) is 0 Å². The molecule has 30 heavy (non-hydrogen) atoms. The van der Waals surface area contributed by atoms with Gasteiger partial charge in [-0.15, -0.1) is 0 Å². The minimum atomic E-state index is -0.235. The number of carbonyl (C=O) groups excluding carboxylic acids is 2. The van der Waals surface area contributed by atoms with Gasteiger partial charge in [0.1, 0.15) is 11.5 Å². The highest BCUT2D eigenvalue weighted by molar-refractivity contribution is 6.06. The molecule has 6 nitrogen and oxygen atoms in total. The quantitative estimate of drug-likeness (QED) is 0.409. The van der Waals surface area contributed by atoms with Gasteiger partial charge in [-0.05, 0) is 69.9 Å². The van der Waals surface area contributed by atoms with Crippen LogP contribution in [0, 0.1) is 35.5 Å². The van der Waals surface area contributed by atoms with Crippen molar-refractivity contribution >= 4 is 18.0 Å². The Morgan fingerprint density at radius 2 is 1.57 bits per heavy atom. The summed E-state index contributed by atoms with van der Waals surface area (Å²) < 4.78 is 11.7. The molecule has 158 valence electrons. The van der Waals surface area contributed by atoms with Gasteiger partial charge in [0.15, 0.2) is 0 Å². The van der Waals surface area contributed by atoms with Gasteiger partial charge in [0, 0.05) is 11.6 Å². The van der Waals surface area contributed by atoms with Crippen LogP contribution in [-0.4, -0.2) is 35.2 Å². The molecule has 0 spiro atoms. The maximum atomic E-state index is 13.1. The van der Waals surface area contributed by atoms with Gasteiger partial charge < -0.3 is 9.47 Å². The standard InChI is InChI=1S/C24H28N2O4/c1-12(2)29-15-6-5-14(20(9-15)30-13(3)4)11-25-26-23(27)21-16-7-8-17(19-10-18(16)19)22(21)24(26)28/h5-9,11-13,16-19,21-22H,10H2,1-4H3/b25-11-/t16-,17+,18-,19-,21+,22+/m1/s1. The maximum Gasteiger partial charge on any atom is 0.254 e. The summed E-state index contributed by atoms with van der Waals surface area (Å²) >= 11 is 0. The molecule has 0 aromatic heterocycles. The van der Waals surface area contributed by atoms with Gasteiger partial charge in [-0.25, -0.2) is 0 Å². The number of nitrogens with zero attached hydrogens (tertiary/aromatic N) is 2. The zero-order valence-electron chi connectivity index (χ0n) is 17.8. The van der Waals surface area contributed by atoms with Gasteiger partial charge in [-0.2, -0.15) is 10.1 Å². The van der Waals surface area contributed by atoms with Crippen molar-refractivity contribution in [1.82, 2.24) is 5.01 Å². The summed E-state index contributed by atoms with van der Waals surface area (Å²) in [6.45, 7) is 7.83. The van der Waals surface area contributed by atoms with E-state index >= 15 is 0 Å². The van der Waals surface area contributed by atoms with Crippen molar-refractivity contribution < 1.29 is 19.1 Å². The van der Waals surface area contributed by atoms with E-state index in [2.05, 4.69) is 17.3 Å². The molecule has 1 heterocycles. The lowest BCUT2D eigenvalue weighted by Crippen LogP contribution is -2.40. The Morgan fingerprint density at radius 1 is 0.967 bits per heavy atom. The van der Waals surface area contributed by atoms with E-state index in [1.165, 1.54) is 0 Å². The topological polar surface area (TPSA) is 68.2 Å². The lowest BCUT2D eigenvalue weighted by atomic mass is 9.63. The lowest BCUT2D eigenvalue weighted by Gasteiger charge is -2.37. The first-order valence-corrected chi connectivity index (χ1v) is 10.9. The van der Waals surface area contributed by atoms with Gasteiger partial charge in [-0.3, -0.25) is 9.59 Å². The van der Waals surface area contributed by atoms with Crippen LogP contribution in [0.4, 0.5) is 0 Å². The minimum absolute atomic E-state index is 0.0298. The molecule has 0 N–H and O–H groups in total. The summed E-state index contributed by atoms with van der Waals surface area (Å²) in [5, 5.41) is 5.44. The number of ether oxygens (including phenoxy) is 2. The second kappa shape index (κ2) is 6.96. The number of allylic oxidation sites excluding steroid dienone is 2. The number of hydrazone groups is 1. The van der Waals surface area contributed by atoms with Crippen LogP contribution in [0.2, 0.25) is 0 Å². The molecule has 1 aliphatic heterocycles. The number of imide groups is 1. The van der Waals surface area contributed by atoms with Crippen molar-refractivity contribution in [3.63, 3.8) is 0 Å². The SMILES string of the molecule is CC(C)Oc1ccc(/C=N\N2C(=O)[C@H]3[C@@H]4C=C[C@@H]([C@H]5C[C@H]45)[C@@H]3C2=O)c(OC(C)C)c1. The third-order valence-electron chi connectivity index (χ3n) is 6.67. The van der Waals surface area contributed by atoms with Crippen LogP contribution in [0.3, 0.4) is 0 Å². The number of hydrogen-bond acceptors (Lipinski definition) is 5. The van der Waals surface area contributed by atoms with Crippen molar-refractivity contribution in [1.29, 1.82) is 0 Å². The van der Waals surface area contributed by atoms with E-state index in [1.54, 1.807) is 6.21 Å². The van der Waals surface area contributed by atoms with Gasteiger partial charge in [0.2, 0.25) is 0 Å². The van der Waals surface area contributed by atoms with E-state index in [1.807, 2.05) is 45.9 Å². The molecule has 0 radical (unpaired) electrons. The average Bonchev–Trinajstić information content (AvgIpc) is 3.46. The molecule has 2 amide bonds. The van der Waals surface area contributed by atoms with Gasteiger partial charge >= 0.3 is 0 Å². The zero-order chi connectivity index (χ0) is 21.2. The fourth-order valence-electron chi connectivity index (χ4n) is 5.50. The Balaban J connectivity index is 1.40. The van der Waals surface area contributed by atoms with Crippen LogP contribution < -0.4 is 9.47 Å². The summed E-state index contributed by atoms with van der Waals surface area (Å²) in [7, 11) is 0. The van der Waals surface area contributed by atoms with Crippen molar-refractivity contribution in [2.75, 3.05) is 0 Å². The van der Waals surface area contributed by atoms with Crippen molar-refractivity contribution in [2.45, 2.75) is 46.3 Å². The first-order chi connectivity index (χ1) is 14.3. The van der Waals surface area contributed by atoms with Crippen LogP contribution in [0.15, 0.2) is 35.5 Å². The molecule has 6 atom stereocenters. The third-order valence-corrected chi connectivity index (χ3v) is 6.67. The Bertz CT molecular complexity index is 915. The normalized spacial score (nSPS) is 33.6. The second-order valence-electron chi connectivity index (χ2n) is 9.42. The van der Waals surface area contributed by atoms with E-state index in [9.17, 15) is 9.59 Å². The Morgan fingerprint density at radius 3 is 2.13 bits per heavy atom. The molecule has 5 aliphatic rings. The average molecular weight is 408 g/mol. The molecule has 2 bridgehead atoms. The molecule has 2 saturated carbocycles. The Labute approximate surface area is 176 Å². The highest BCUT2D eigenvalue weighted by atomic mass is 16.5. The van der Waals surface area contributed by atoms with Crippen LogP contribution in [0.1, 0.15) is 39.7 Å². The molecule has 6 heteroatoms. The monoisotopic (exact) mass is 408 g/mol. The first kappa shape index (κ1) is 19.3. The van der Waals surface area contributed by atoms with Crippen molar-refractivity contribution in [3.8, 4) is 11.5 Å². The fourth-order valence-corrected chi connectivity index (χ4v) is 5.50. The summed E-state index contributed by atoms with van der Waals surface area (Å²) in [6, 6.07) is 5.52. The molecule has 1 aromatic rings. The number of hydrogen-bond donors (Lipinski definition) is 0. The number of carbonyl (C=O) groups is 2. The van der Waals surface area contributed by atoms with E-state index in [4.69, 9.17) is 9.47 Å². The first-order valence-electron chi connectivity index (χ1n) is 10.9. The molecule has 4 aliphatic carbocycles. The second-order valence-corrected chi connectivity index (χ2v) is 9.42. The van der Waals surface area contributed by atoms with Gasteiger partial charge in [-0.1, -0.05) is 12.2 Å². The molecular weight excluding hydrogens is 380 g/mol. The highest BCUT2D eigenvalue weighted by Crippen LogP contribution is 2.65. The van der Waals surface area contributed by atoms with Crippen LogP contribution in [0.5, 0.6) is 11.5 Å². The highest BCUT2D eigenvalue weighted by Gasteiger charge is 2.67. The summed E-state index contributed by atoms with van der Waals surface area (Å²) in [4.78, 5) is 26.1. The van der Waals surface area contributed by atoms with Gasteiger partial charge in [0.05, 0.1) is 30.3 Å². The molecule has 6 rings (SSSR count). The Hall–Kier alpha value is -2.63. The van der Waals surface area contributed by atoms with E-state index in [-0.39, 0.29) is 47.7 Å². The molecule has 1 aromatic carbocycles. The molecule has 0 unspecified atom stereocenters. The third kappa shape index (κ3) is 3.04. The van der Waals surface area contributed by atoms with E-state index in [0.717, 1.165) is 11.4 Å². The summed E-state index contributed by atoms with van der Waals surface area (Å²) in [6.07, 6.45) is 7.06. The zero-order valence-corrected chi connectivity index (χ0v) is 17.8.